The predicted octanol–water partition coefficient (Wildman–Crippen LogP) is 1.20. The van der Waals surface area contributed by atoms with Gasteiger partial charge in [-0.25, -0.2) is 14.8 Å². The lowest BCUT2D eigenvalue weighted by molar-refractivity contribution is -0.148. The minimum atomic E-state index is -0.872. The van der Waals surface area contributed by atoms with Gasteiger partial charge in [0.2, 0.25) is 0 Å². The van der Waals surface area contributed by atoms with Gasteiger partial charge in [-0.15, -0.1) is 0 Å². The van der Waals surface area contributed by atoms with E-state index in [2.05, 4.69) is 9.97 Å². The van der Waals surface area contributed by atoms with Crippen molar-refractivity contribution in [3.05, 3.63) is 18.5 Å². The van der Waals surface area contributed by atoms with Crippen LogP contribution in [0.25, 0.3) is 0 Å². The van der Waals surface area contributed by atoms with Crippen LogP contribution in [0.3, 0.4) is 0 Å². The molecule has 1 aliphatic heterocycles. The molecular formula is C10H12N2O3S. The zero-order chi connectivity index (χ0) is 11.4. The summed E-state index contributed by atoms with van der Waals surface area (Å²) in [5.74, 6) is -0.170. The summed E-state index contributed by atoms with van der Waals surface area (Å²) in [7, 11) is 0. The largest absolute Gasteiger partial charge is 0.479 e. The molecule has 86 valence electrons. The van der Waals surface area contributed by atoms with Gasteiger partial charge in [-0.1, -0.05) is 11.8 Å². The molecule has 1 saturated heterocycles. The third kappa shape index (κ3) is 2.93. The molecule has 0 aromatic carbocycles. The van der Waals surface area contributed by atoms with Gasteiger partial charge >= 0.3 is 5.97 Å². The molecule has 2 atom stereocenters. The molecular weight excluding hydrogens is 228 g/mol. The lowest BCUT2D eigenvalue weighted by atomic mass is 10.2. The Morgan fingerprint density at radius 3 is 2.88 bits per heavy atom. The first-order valence-electron chi connectivity index (χ1n) is 5.04. The number of rotatable bonds is 4. The first kappa shape index (κ1) is 11.3. The van der Waals surface area contributed by atoms with Crippen molar-refractivity contribution in [2.45, 2.75) is 30.2 Å². The second kappa shape index (κ2) is 5.27. The Bertz CT molecular complexity index is 360. The summed E-state index contributed by atoms with van der Waals surface area (Å²) in [5.41, 5.74) is 0. The van der Waals surface area contributed by atoms with Gasteiger partial charge in [0.1, 0.15) is 0 Å². The van der Waals surface area contributed by atoms with Crippen LogP contribution in [0.1, 0.15) is 12.8 Å². The van der Waals surface area contributed by atoms with Gasteiger partial charge in [0.15, 0.2) is 11.3 Å². The smallest absolute Gasteiger partial charge is 0.332 e. The Hall–Kier alpha value is -1.14. The number of nitrogens with zero attached hydrogens (tertiary/aromatic N) is 2. The number of aromatic nitrogens is 2. The molecule has 0 amide bonds. The van der Waals surface area contributed by atoms with Crippen LogP contribution in [0.5, 0.6) is 0 Å². The summed E-state index contributed by atoms with van der Waals surface area (Å²) in [6.07, 6.45) is 4.11. The molecule has 5 nitrogen and oxygen atoms in total. The van der Waals surface area contributed by atoms with Crippen molar-refractivity contribution in [1.29, 1.82) is 0 Å². The average Bonchev–Trinajstić information content (AvgIpc) is 2.76. The zero-order valence-electron chi connectivity index (χ0n) is 8.57. The van der Waals surface area contributed by atoms with Crippen LogP contribution >= 0.6 is 11.8 Å². The molecule has 2 unspecified atom stereocenters. The minimum absolute atomic E-state index is 0.00472. The van der Waals surface area contributed by atoms with Crippen molar-refractivity contribution < 1.29 is 14.6 Å². The van der Waals surface area contributed by atoms with Crippen LogP contribution < -0.4 is 0 Å². The van der Waals surface area contributed by atoms with E-state index in [0.717, 1.165) is 6.42 Å². The van der Waals surface area contributed by atoms with E-state index in [4.69, 9.17) is 9.84 Å². The molecule has 0 aliphatic carbocycles. The molecule has 0 bridgehead atoms. The van der Waals surface area contributed by atoms with Crippen LogP contribution in [0.2, 0.25) is 0 Å². The van der Waals surface area contributed by atoms with E-state index in [1.54, 1.807) is 18.5 Å². The van der Waals surface area contributed by atoms with Gasteiger partial charge in [-0.3, -0.25) is 0 Å². The summed E-state index contributed by atoms with van der Waals surface area (Å²) in [6.45, 7) is 0. The highest BCUT2D eigenvalue weighted by atomic mass is 32.2. The third-order valence-corrected chi connectivity index (χ3v) is 3.33. The van der Waals surface area contributed by atoms with E-state index in [1.165, 1.54) is 11.8 Å². The number of hydrogen-bond donors (Lipinski definition) is 1. The van der Waals surface area contributed by atoms with E-state index in [-0.39, 0.29) is 6.10 Å². The molecule has 0 spiro atoms. The van der Waals surface area contributed by atoms with Crippen molar-refractivity contribution in [1.82, 2.24) is 9.97 Å². The van der Waals surface area contributed by atoms with Crippen molar-refractivity contribution in [2.75, 3.05) is 5.75 Å². The van der Waals surface area contributed by atoms with E-state index in [1.807, 2.05) is 0 Å². The van der Waals surface area contributed by atoms with Crippen LogP contribution in [0.15, 0.2) is 23.6 Å². The lowest BCUT2D eigenvalue weighted by Gasteiger charge is -2.09. The molecule has 2 heterocycles. The number of hydrogen-bond acceptors (Lipinski definition) is 5. The molecule has 16 heavy (non-hydrogen) atoms. The van der Waals surface area contributed by atoms with E-state index in [9.17, 15) is 4.79 Å². The van der Waals surface area contributed by atoms with Gasteiger partial charge in [0.05, 0.1) is 6.10 Å². The van der Waals surface area contributed by atoms with Crippen LogP contribution in [0.4, 0.5) is 0 Å². The molecule has 1 N–H and O–H groups in total. The highest BCUT2D eigenvalue weighted by Gasteiger charge is 2.30. The van der Waals surface area contributed by atoms with Gasteiger partial charge in [0.25, 0.3) is 0 Å². The standard InChI is InChI=1S/C10H12N2O3S/c13-9(14)8-3-2-7(15-8)6-16-10-11-4-1-5-12-10/h1,4-5,7-8H,2-3,6H2,(H,13,14). The fraction of sp³-hybridized carbons (Fsp3) is 0.500. The van der Waals surface area contributed by atoms with E-state index >= 15 is 0 Å². The number of carboxylic acid groups (broad SMARTS) is 1. The molecule has 1 fully saturated rings. The fourth-order valence-electron chi connectivity index (χ4n) is 1.54. The number of ether oxygens (including phenoxy) is 1. The van der Waals surface area contributed by atoms with E-state index < -0.39 is 12.1 Å². The number of thioether (sulfide) groups is 1. The highest BCUT2D eigenvalue weighted by molar-refractivity contribution is 7.99. The molecule has 0 radical (unpaired) electrons. The van der Waals surface area contributed by atoms with Gasteiger partial charge in [-0.2, -0.15) is 0 Å². The first-order valence-corrected chi connectivity index (χ1v) is 6.02. The zero-order valence-corrected chi connectivity index (χ0v) is 9.39. The van der Waals surface area contributed by atoms with E-state index in [0.29, 0.717) is 17.3 Å². The Balaban J connectivity index is 1.78. The monoisotopic (exact) mass is 240 g/mol. The Morgan fingerprint density at radius 2 is 2.25 bits per heavy atom. The first-order chi connectivity index (χ1) is 7.75. The Morgan fingerprint density at radius 1 is 1.50 bits per heavy atom. The minimum Gasteiger partial charge on any atom is -0.479 e. The number of carbonyl (C=O) groups is 1. The predicted molar refractivity (Wildman–Crippen MR) is 58.3 cm³/mol. The molecule has 2 rings (SSSR count). The molecule has 1 aromatic rings. The summed E-state index contributed by atoms with van der Waals surface area (Å²) in [4.78, 5) is 18.8. The van der Waals surface area contributed by atoms with Crippen molar-refractivity contribution in [3.63, 3.8) is 0 Å². The lowest BCUT2D eigenvalue weighted by Crippen LogP contribution is -2.21. The fourth-order valence-corrected chi connectivity index (χ4v) is 2.39. The molecule has 1 aliphatic rings. The summed E-state index contributed by atoms with van der Waals surface area (Å²) < 4.78 is 5.37. The summed E-state index contributed by atoms with van der Waals surface area (Å²) in [6, 6.07) is 1.76. The Labute approximate surface area is 97.2 Å². The third-order valence-electron chi connectivity index (χ3n) is 2.32. The number of carboxylic acids is 1. The normalized spacial score (nSPS) is 24.5. The van der Waals surface area contributed by atoms with Crippen LogP contribution in [-0.2, 0) is 9.53 Å². The van der Waals surface area contributed by atoms with Gasteiger partial charge in [0, 0.05) is 18.1 Å². The van der Waals surface area contributed by atoms with Gasteiger partial charge in [-0.05, 0) is 18.9 Å². The highest BCUT2D eigenvalue weighted by Crippen LogP contribution is 2.24. The van der Waals surface area contributed by atoms with Crippen LogP contribution in [0, 0.1) is 0 Å². The topological polar surface area (TPSA) is 72.3 Å². The molecule has 0 saturated carbocycles. The molecule has 6 heteroatoms. The average molecular weight is 240 g/mol. The van der Waals surface area contributed by atoms with Crippen molar-refractivity contribution in [3.8, 4) is 0 Å². The Kier molecular flexibility index (Phi) is 3.74. The maximum Gasteiger partial charge on any atom is 0.332 e. The second-order valence-corrected chi connectivity index (χ2v) is 4.49. The molecule has 1 aromatic heterocycles. The maximum absolute atomic E-state index is 10.7. The van der Waals surface area contributed by atoms with Crippen molar-refractivity contribution in [2.24, 2.45) is 0 Å². The maximum atomic E-state index is 10.7. The van der Waals surface area contributed by atoms with Crippen molar-refractivity contribution >= 4 is 17.7 Å². The number of aliphatic carboxylic acids is 1. The van der Waals surface area contributed by atoms with Crippen LogP contribution in [-0.4, -0.2) is 39.0 Å². The summed E-state index contributed by atoms with van der Waals surface area (Å²) in [5, 5.41) is 9.46. The quantitative estimate of drug-likeness (QED) is 0.629. The SMILES string of the molecule is O=C(O)C1CCC(CSc2ncccn2)O1. The summed E-state index contributed by atoms with van der Waals surface area (Å²) >= 11 is 1.49. The van der Waals surface area contributed by atoms with Gasteiger partial charge < -0.3 is 9.84 Å². The second-order valence-electron chi connectivity index (χ2n) is 3.50.